The number of carbonyl (C=O) groups excluding carboxylic acids is 2. The molecule has 0 saturated heterocycles. The number of alkyl halides is 3. The number of benzene rings is 3. The van der Waals surface area contributed by atoms with Gasteiger partial charge in [-0.2, -0.15) is 13.2 Å². The van der Waals surface area contributed by atoms with Gasteiger partial charge in [-0.15, -0.1) is 11.8 Å². The normalized spacial score (nSPS) is 11.1. The summed E-state index contributed by atoms with van der Waals surface area (Å²) in [6.45, 7) is 0. The Balaban J connectivity index is 1.55. The van der Waals surface area contributed by atoms with Gasteiger partial charge in [0.2, 0.25) is 11.8 Å². The van der Waals surface area contributed by atoms with Crippen LogP contribution in [-0.2, 0) is 22.2 Å². The zero-order valence-corrected chi connectivity index (χ0v) is 17.1. The van der Waals surface area contributed by atoms with E-state index in [-0.39, 0.29) is 23.8 Å². The fourth-order valence-corrected chi connectivity index (χ4v) is 3.58. The highest BCUT2D eigenvalue weighted by Crippen LogP contribution is 2.34. The van der Waals surface area contributed by atoms with Gasteiger partial charge >= 0.3 is 6.18 Å². The Morgan fingerprint density at radius 1 is 0.806 bits per heavy atom. The molecule has 0 saturated carbocycles. The summed E-state index contributed by atoms with van der Waals surface area (Å²) >= 11 is 1.16. The maximum Gasteiger partial charge on any atom is 0.418 e. The zero-order chi connectivity index (χ0) is 22.3. The highest BCUT2D eigenvalue weighted by atomic mass is 32.2. The van der Waals surface area contributed by atoms with Gasteiger partial charge in [0.05, 0.1) is 23.4 Å². The molecule has 8 heteroatoms. The van der Waals surface area contributed by atoms with Crippen LogP contribution in [0.4, 0.5) is 24.5 Å². The van der Waals surface area contributed by atoms with Crippen molar-refractivity contribution in [3.8, 4) is 0 Å². The SMILES string of the molecule is O=C(Cc1ccccc1)Nc1cccc(SCC(=O)Nc2ccccc2C(F)(F)F)c1. The van der Waals surface area contributed by atoms with Crippen molar-refractivity contribution in [3.05, 3.63) is 90.0 Å². The van der Waals surface area contributed by atoms with Crippen LogP contribution >= 0.6 is 11.8 Å². The van der Waals surface area contributed by atoms with Gasteiger partial charge in [-0.05, 0) is 35.9 Å². The molecule has 0 aliphatic rings. The van der Waals surface area contributed by atoms with Crippen molar-refractivity contribution in [2.75, 3.05) is 16.4 Å². The number of thioether (sulfide) groups is 1. The molecule has 0 aliphatic heterocycles. The maximum atomic E-state index is 13.0. The molecule has 160 valence electrons. The minimum absolute atomic E-state index is 0.0758. The first-order valence-electron chi connectivity index (χ1n) is 9.34. The van der Waals surface area contributed by atoms with E-state index in [1.807, 2.05) is 30.3 Å². The van der Waals surface area contributed by atoms with Gasteiger partial charge in [-0.25, -0.2) is 0 Å². The molecule has 2 amide bonds. The van der Waals surface area contributed by atoms with Gasteiger partial charge in [-0.1, -0.05) is 48.5 Å². The number of hydrogen-bond donors (Lipinski definition) is 2. The molecular formula is C23H19F3N2O2S. The van der Waals surface area contributed by atoms with Gasteiger partial charge in [0.25, 0.3) is 0 Å². The average Bonchev–Trinajstić information content (AvgIpc) is 2.73. The van der Waals surface area contributed by atoms with Crippen LogP contribution in [-0.4, -0.2) is 17.6 Å². The van der Waals surface area contributed by atoms with Crippen molar-refractivity contribution in [3.63, 3.8) is 0 Å². The van der Waals surface area contributed by atoms with E-state index in [4.69, 9.17) is 0 Å². The van der Waals surface area contributed by atoms with Gasteiger partial charge in [0.1, 0.15) is 0 Å². The second kappa shape index (κ2) is 10.2. The predicted octanol–water partition coefficient (Wildman–Crippen LogP) is 5.62. The lowest BCUT2D eigenvalue weighted by Crippen LogP contribution is -2.18. The van der Waals surface area contributed by atoms with Crippen molar-refractivity contribution in [1.29, 1.82) is 0 Å². The predicted molar refractivity (Wildman–Crippen MR) is 116 cm³/mol. The number of carbonyl (C=O) groups is 2. The Morgan fingerprint density at radius 2 is 1.52 bits per heavy atom. The number of rotatable bonds is 7. The molecule has 3 rings (SSSR count). The highest BCUT2D eigenvalue weighted by Gasteiger charge is 2.33. The van der Waals surface area contributed by atoms with Gasteiger partial charge in [0.15, 0.2) is 0 Å². The van der Waals surface area contributed by atoms with Crippen LogP contribution < -0.4 is 10.6 Å². The largest absolute Gasteiger partial charge is 0.418 e. The van der Waals surface area contributed by atoms with Crippen LogP contribution in [0.1, 0.15) is 11.1 Å². The van der Waals surface area contributed by atoms with E-state index in [1.165, 1.54) is 18.2 Å². The number of anilines is 2. The molecule has 0 heterocycles. The molecule has 0 unspecified atom stereocenters. The summed E-state index contributed by atoms with van der Waals surface area (Å²) in [5, 5.41) is 5.12. The molecule has 3 aromatic carbocycles. The van der Waals surface area contributed by atoms with E-state index in [1.54, 1.807) is 24.3 Å². The molecule has 0 aliphatic carbocycles. The third kappa shape index (κ3) is 6.89. The average molecular weight is 444 g/mol. The third-order valence-corrected chi connectivity index (χ3v) is 5.20. The van der Waals surface area contributed by atoms with Crippen molar-refractivity contribution in [2.24, 2.45) is 0 Å². The number of hydrogen-bond acceptors (Lipinski definition) is 3. The van der Waals surface area contributed by atoms with Crippen LogP contribution in [0.15, 0.2) is 83.8 Å². The molecule has 3 aromatic rings. The van der Waals surface area contributed by atoms with Crippen LogP contribution in [0.2, 0.25) is 0 Å². The summed E-state index contributed by atoms with van der Waals surface area (Å²) in [6, 6.07) is 21.1. The minimum Gasteiger partial charge on any atom is -0.326 e. The van der Waals surface area contributed by atoms with E-state index < -0.39 is 17.6 Å². The Bertz CT molecular complexity index is 1060. The van der Waals surface area contributed by atoms with Crippen LogP contribution in [0, 0.1) is 0 Å². The Kier molecular flexibility index (Phi) is 7.36. The van der Waals surface area contributed by atoms with Crippen LogP contribution in [0.3, 0.4) is 0 Å². The Hall–Kier alpha value is -3.26. The van der Waals surface area contributed by atoms with Crippen molar-refractivity contribution >= 4 is 35.0 Å². The lowest BCUT2D eigenvalue weighted by atomic mass is 10.1. The summed E-state index contributed by atoms with van der Waals surface area (Å²) in [5.74, 6) is -0.803. The summed E-state index contributed by atoms with van der Waals surface area (Å²) in [5.41, 5.74) is 0.300. The summed E-state index contributed by atoms with van der Waals surface area (Å²) in [4.78, 5) is 25.1. The van der Waals surface area contributed by atoms with E-state index in [0.717, 1.165) is 23.4 Å². The van der Waals surface area contributed by atoms with Crippen LogP contribution in [0.5, 0.6) is 0 Å². The summed E-state index contributed by atoms with van der Waals surface area (Å²) in [7, 11) is 0. The molecule has 0 spiro atoms. The van der Waals surface area contributed by atoms with E-state index in [2.05, 4.69) is 10.6 Å². The van der Waals surface area contributed by atoms with Gasteiger partial charge in [-0.3, -0.25) is 9.59 Å². The van der Waals surface area contributed by atoms with Gasteiger partial charge in [0, 0.05) is 10.6 Å². The van der Waals surface area contributed by atoms with E-state index in [9.17, 15) is 22.8 Å². The van der Waals surface area contributed by atoms with Crippen molar-refractivity contribution in [2.45, 2.75) is 17.5 Å². The molecule has 2 N–H and O–H groups in total. The minimum atomic E-state index is -4.55. The highest BCUT2D eigenvalue weighted by molar-refractivity contribution is 8.00. The lowest BCUT2D eigenvalue weighted by molar-refractivity contribution is -0.137. The number of nitrogens with one attached hydrogen (secondary N) is 2. The molecular weight excluding hydrogens is 425 g/mol. The summed E-state index contributed by atoms with van der Waals surface area (Å²) in [6.07, 6.45) is -4.32. The fraction of sp³-hybridized carbons (Fsp3) is 0.130. The van der Waals surface area contributed by atoms with Gasteiger partial charge < -0.3 is 10.6 Å². The summed E-state index contributed by atoms with van der Waals surface area (Å²) < 4.78 is 39.1. The van der Waals surface area contributed by atoms with Crippen molar-refractivity contribution in [1.82, 2.24) is 0 Å². The molecule has 31 heavy (non-hydrogen) atoms. The smallest absolute Gasteiger partial charge is 0.326 e. The zero-order valence-electron chi connectivity index (χ0n) is 16.3. The topological polar surface area (TPSA) is 58.2 Å². The van der Waals surface area contributed by atoms with Crippen LogP contribution in [0.25, 0.3) is 0 Å². The lowest BCUT2D eigenvalue weighted by Gasteiger charge is -2.13. The first-order valence-corrected chi connectivity index (χ1v) is 10.3. The Morgan fingerprint density at radius 3 is 2.26 bits per heavy atom. The number of para-hydroxylation sites is 1. The van der Waals surface area contributed by atoms with E-state index >= 15 is 0 Å². The quantitative estimate of drug-likeness (QED) is 0.465. The van der Waals surface area contributed by atoms with E-state index in [0.29, 0.717) is 10.6 Å². The molecule has 4 nitrogen and oxygen atoms in total. The molecule has 0 atom stereocenters. The van der Waals surface area contributed by atoms with Crippen molar-refractivity contribution < 1.29 is 22.8 Å². The standard InChI is InChI=1S/C23H19F3N2O2S/c24-23(25,26)19-11-4-5-12-20(19)28-22(30)15-31-18-10-6-9-17(14-18)27-21(29)13-16-7-2-1-3-8-16/h1-12,14H,13,15H2,(H,27,29)(H,28,30). The monoisotopic (exact) mass is 444 g/mol. The third-order valence-electron chi connectivity index (χ3n) is 4.20. The molecule has 0 aromatic heterocycles. The molecule has 0 radical (unpaired) electrons. The Labute approximate surface area is 181 Å². The first-order chi connectivity index (χ1) is 14.8. The fourth-order valence-electron chi connectivity index (χ4n) is 2.82. The first kappa shape index (κ1) is 22.4. The number of halogens is 3. The molecule has 0 bridgehead atoms. The second-order valence-electron chi connectivity index (χ2n) is 6.62. The maximum absolute atomic E-state index is 13.0. The second-order valence-corrected chi connectivity index (χ2v) is 7.67. The molecule has 0 fully saturated rings. The number of amides is 2.